The molecule has 1 aromatic carbocycles. The molecule has 90 valence electrons. The molecule has 0 saturated heterocycles. The van der Waals surface area contributed by atoms with Gasteiger partial charge in [-0.1, -0.05) is 24.3 Å². The molecule has 0 bridgehead atoms. The van der Waals surface area contributed by atoms with E-state index in [0.717, 1.165) is 11.1 Å². The summed E-state index contributed by atoms with van der Waals surface area (Å²) in [4.78, 5) is 11.6. The summed E-state index contributed by atoms with van der Waals surface area (Å²) in [5.41, 5.74) is 1.90. The molecule has 1 N–H and O–H groups in total. The van der Waals surface area contributed by atoms with E-state index >= 15 is 0 Å². The SMILES string of the molecule is COC(=O)C1=C(OC)c2ccccc2C(O)C1. The smallest absolute Gasteiger partial charge is 0.337 e. The predicted molar refractivity (Wildman–Crippen MR) is 62.0 cm³/mol. The molecule has 0 fully saturated rings. The van der Waals surface area contributed by atoms with Crippen molar-refractivity contribution in [2.45, 2.75) is 12.5 Å². The third-order valence-electron chi connectivity index (χ3n) is 2.87. The van der Waals surface area contributed by atoms with E-state index in [1.54, 1.807) is 0 Å². The van der Waals surface area contributed by atoms with Crippen LogP contribution in [0.5, 0.6) is 0 Å². The Morgan fingerprint density at radius 1 is 1.35 bits per heavy atom. The van der Waals surface area contributed by atoms with Gasteiger partial charge in [-0.3, -0.25) is 0 Å². The summed E-state index contributed by atoms with van der Waals surface area (Å²) in [6.07, 6.45) is -0.480. The Hall–Kier alpha value is -1.81. The fraction of sp³-hybridized carbons (Fsp3) is 0.308. The van der Waals surface area contributed by atoms with E-state index in [0.29, 0.717) is 11.3 Å². The molecule has 0 heterocycles. The van der Waals surface area contributed by atoms with E-state index < -0.39 is 12.1 Å². The number of methoxy groups -OCH3 is 2. The minimum absolute atomic E-state index is 0.215. The van der Waals surface area contributed by atoms with Crippen LogP contribution in [-0.2, 0) is 14.3 Å². The number of carbonyl (C=O) groups is 1. The van der Waals surface area contributed by atoms with Crippen LogP contribution in [0.2, 0.25) is 0 Å². The number of fused-ring (bicyclic) bond motifs is 1. The number of rotatable bonds is 2. The molecule has 1 atom stereocenters. The molecule has 0 amide bonds. The highest BCUT2D eigenvalue weighted by molar-refractivity contribution is 5.97. The van der Waals surface area contributed by atoms with Crippen LogP contribution in [0.3, 0.4) is 0 Å². The summed E-state index contributed by atoms with van der Waals surface area (Å²) < 4.78 is 9.97. The molecular weight excluding hydrogens is 220 g/mol. The molecule has 0 spiro atoms. The van der Waals surface area contributed by atoms with Gasteiger partial charge in [-0.15, -0.1) is 0 Å². The van der Waals surface area contributed by atoms with Crippen LogP contribution in [0.15, 0.2) is 29.8 Å². The highest BCUT2D eigenvalue weighted by atomic mass is 16.5. The number of hydrogen-bond donors (Lipinski definition) is 1. The molecular formula is C13H14O4. The molecule has 1 aromatic rings. The fourth-order valence-corrected chi connectivity index (χ4v) is 2.09. The molecule has 17 heavy (non-hydrogen) atoms. The van der Waals surface area contributed by atoms with E-state index in [-0.39, 0.29) is 6.42 Å². The standard InChI is InChI=1S/C13H14O4/c1-16-12-9-6-4-3-5-8(9)11(14)7-10(12)13(15)17-2/h3-6,11,14H,7H2,1-2H3. The highest BCUT2D eigenvalue weighted by Gasteiger charge is 2.30. The molecule has 0 radical (unpaired) electrons. The van der Waals surface area contributed by atoms with Gasteiger partial charge in [0, 0.05) is 12.0 Å². The first-order chi connectivity index (χ1) is 8.19. The van der Waals surface area contributed by atoms with E-state index in [1.165, 1.54) is 14.2 Å². The normalized spacial score (nSPS) is 18.6. The van der Waals surface area contributed by atoms with Crippen molar-refractivity contribution in [3.05, 3.63) is 41.0 Å². The van der Waals surface area contributed by atoms with Gasteiger partial charge < -0.3 is 14.6 Å². The Bertz CT molecular complexity index is 476. The van der Waals surface area contributed by atoms with E-state index in [1.807, 2.05) is 24.3 Å². The number of aliphatic hydroxyl groups is 1. The van der Waals surface area contributed by atoms with Crippen LogP contribution in [0.4, 0.5) is 0 Å². The van der Waals surface area contributed by atoms with Crippen LogP contribution < -0.4 is 0 Å². The molecule has 1 aliphatic carbocycles. The monoisotopic (exact) mass is 234 g/mol. The maximum absolute atomic E-state index is 11.6. The average Bonchev–Trinajstić information content (AvgIpc) is 2.38. The second-order valence-corrected chi connectivity index (χ2v) is 3.81. The summed E-state index contributed by atoms with van der Waals surface area (Å²) in [6, 6.07) is 7.33. The average molecular weight is 234 g/mol. The Balaban J connectivity index is 2.59. The van der Waals surface area contributed by atoms with Gasteiger partial charge in [-0.25, -0.2) is 4.79 Å². The van der Waals surface area contributed by atoms with E-state index in [9.17, 15) is 9.90 Å². The number of aliphatic hydroxyl groups excluding tert-OH is 1. The second kappa shape index (κ2) is 4.59. The zero-order valence-electron chi connectivity index (χ0n) is 9.77. The quantitative estimate of drug-likeness (QED) is 0.790. The molecule has 4 heteroatoms. The van der Waals surface area contributed by atoms with Crippen molar-refractivity contribution in [3.8, 4) is 0 Å². The van der Waals surface area contributed by atoms with Crippen molar-refractivity contribution in [2.24, 2.45) is 0 Å². The topological polar surface area (TPSA) is 55.8 Å². The van der Waals surface area contributed by atoms with Crippen molar-refractivity contribution in [3.63, 3.8) is 0 Å². The van der Waals surface area contributed by atoms with Gasteiger partial charge in [0.2, 0.25) is 0 Å². The third kappa shape index (κ3) is 1.91. The maximum Gasteiger partial charge on any atom is 0.337 e. The second-order valence-electron chi connectivity index (χ2n) is 3.81. The highest BCUT2D eigenvalue weighted by Crippen LogP contribution is 2.37. The fourth-order valence-electron chi connectivity index (χ4n) is 2.09. The lowest BCUT2D eigenvalue weighted by Gasteiger charge is -2.24. The molecule has 2 rings (SSSR count). The van der Waals surface area contributed by atoms with Gasteiger partial charge in [-0.2, -0.15) is 0 Å². The zero-order valence-corrected chi connectivity index (χ0v) is 9.77. The van der Waals surface area contributed by atoms with Gasteiger partial charge in [0.1, 0.15) is 5.76 Å². The molecule has 1 aliphatic rings. The molecule has 0 saturated carbocycles. The minimum atomic E-state index is -0.695. The van der Waals surface area contributed by atoms with Crippen molar-refractivity contribution in [2.75, 3.05) is 14.2 Å². The van der Waals surface area contributed by atoms with Crippen molar-refractivity contribution < 1.29 is 19.4 Å². The Morgan fingerprint density at radius 3 is 2.71 bits per heavy atom. The number of carbonyl (C=O) groups excluding carboxylic acids is 1. The number of benzene rings is 1. The molecule has 0 aliphatic heterocycles. The lowest BCUT2D eigenvalue weighted by atomic mass is 9.88. The Morgan fingerprint density at radius 2 is 2.06 bits per heavy atom. The van der Waals surface area contributed by atoms with Crippen LogP contribution in [0, 0.1) is 0 Å². The number of hydrogen-bond acceptors (Lipinski definition) is 4. The Labute approximate surface area is 99.5 Å². The predicted octanol–water partition coefficient (Wildman–Crippen LogP) is 1.65. The summed E-state index contributed by atoms with van der Waals surface area (Å²) in [5, 5.41) is 9.99. The lowest BCUT2D eigenvalue weighted by Crippen LogP contribution is -2.18. The number of esters is 1. The van der Waals surface area contributed by atoms with Crippen LogP contribution in [-0.4, -0.2) is 25.3 Å². The van der Waals surface area contributed by atoms with Crippen molar-refractivity contribution >= 4 is 11.7 Å². The van der Waals surface area contributed by atoms with Gasteiger partial charge in [-0.05, 0) is 5.56 Å². The molecule has 4 nitrogen and oxygen atoms in total. The first kappa shape index (κ1) is 11.7. The first-order valence-corrected chi connectivity index (χ1v) is 5.31. The van der Waals surface area contributed by atoms with E-state index in [4.69, 9.17) is 9.47 Å². The molecule has 0 aromatic heterocycles. The summed E-state index contributed by atoms with van der Waals surface area (Å²) in [5.74, 6) is 0.0214. The maximum atomic E-state index is 11.6. The zero-order chi connectivity index (χ0) is 12.4. The lowest BCUT2D eigenvalue weighted by molar-refractivity contribution is -0.136. The van der Waals surface area contributed by atoms with Crippen LogP contribution in [0.1, 0.15) is 23.7 Å². The Kier molecular flexibility index (Phi) is 3.15. The largest absolute Gasteiger partial charge is 0.496 e. The molecule has 1 unspecified atom stereocenters. The van der Waals surface area contributed by atoms with Gasteiger partial charge in [0.15, 0.2) is 0 Å². The number of ether oxygens (including phenoxy) is 2. The van der Waals surface area contributed by atoms with Gasteiger partial charge in [0.05, 0.1) is 25.9 Å². The third-order valence-corrected chi connectivity index (χ3v) is 2.87. The van der Waals surface area contributed by atoms with Gasteiger partial charge in [0.25, 0.3) is 0 Å². The van der Waals surface area contributed by atoms with Crippen LogP contribution >= 0.6 is 0 Å². The van der Waals surface area contributed by atoms with Crippen molar-refractivity contribution in [1.29, 1.82) is 0 Å². The summed E-state index contributed by atoms with van der Waals surface area (Å²) >= 11 is 0. The minimum Gasteiger partial charge on any atom is -0.496 e. The van der Waals surface area contributed by atoms with Crippen molar-refractivity contribution in [1.82, 2.24) is 0 Å². The summed E-state index contributed by atoms with van der Waals surface area (Å²) in [7, 11) is 2.82. The first-order valence-electron chi connectivity index (χ1n) is 5.31. The van der Waals surface area contributed by atoms with E-state index in [2.05, 4.69) is 0 Å². The van der Waals surface area contributed by atoms with Crippen LogP contribution in [0.25, 0.3) is 5.76 Å². The summed E-state index contributed by atoms with van der Waals surface area (Å²) in [6.45, 7) is 0. The van der Waals surface area contributed by atoms with Gasteiger partial charge >= 0.3 is 5.97 Å².